The molecule has 0 saturated carbocycles. The summed E-state index contributed by atoms with van der Waals surface area (Å²) in [5.41, 5.74) is 1.78. The first-order valence-corrected chi connectivity index (χ1v) is 10.5. The molecule has 0 aromatic heterocycles. The molecule has 0 fully saturated rings. The summed E-state index contributed by atoms with van der Waals surface area (Å²) in [5.74, 6) is 1.36. The van der Waals surface area contributed by atoms with Crippen LogP contribution in [0.2, 0.25) is 0 Å². The molecule has 3 N–H and O–H groups in total. The SMILES string of the molecule is CCOc1cc(CNc2ccc(S(N)(=O)=O)cc2)cc(Br)c1OC(C)C. The molecule has 2 aromatic carbocycles. The number of rotatable bonds is 8. The van der Waals surface area contributed by atoms with Crippen LogP contribution < -0.4 is 19.9 Å². The smallest absolute Gasteiger partial charge is 0.238 e. The zero-order valence-electron chi connectivity index (χ0n) is 15.0. The van der Waals surface area contributed by atoms with Crippen LogP contribution in [0.15, 0.2) is 45.8 Å². The van der Waals surface area contributed by atoms with E-state index in [-0.39, 0.29) is 11.0 Å². The second kappa shape index (κ2) is 8.75. The van der Waals surface area contributed by atoms with Crippen molar-refractivity contribution < 1.29 is 17.9 Å². The van der Waals surface area contributed by atoms with Crippen LogP contribution >= 0.6 is 15.9 Å². The van der Waals surface area contributed by atoms with Crippen molar-refractivity contribution >= 4 is 31.6 Å². The van der Waals surface area contributed by atoms with E-state index in [1.54, 1.807) is 12.1 Å². The number of halogens is 1. The van der Waals surface area contributed by atoms with E-state index in [0.29, 0.717) is 24.7 Å². The van der Waals surface area contributed by atoms with Crippen molar-refractivity contribution in [2.24, 2.45) is 5.14 Å². The summed E-state index contributed by atoms with van der Waals surface area (Å²) < 4.78 is 34.9. The van der Waals surface area contributed by atoms with Gasteiger partial charge in [-0.15, -0.1) is 0 Å². The minimum Gasteiger partial charge on any atom is -0.490 e. The lowest BCUT2D eigenvalue weighted by atomic mass is 10.2. The predicted molar refractivity (Wildman–Crippen MR) is 106 cm³/mol. The number of ether oxygens (including phenoxy) is 2. The lowest BCUT2D eigenvalue weighted by Gasteiger charge is -2.18. The Morgan fingerprint density at radius 1 is 1.19 bits per heavy atom. The van der Waals surface area contributed by atoms with Crippen LogP contribution in [-0.4, -0.2) is 21.1 Å². The van der Waals surface area contributed by atoms with Crippen molar-refractivity contribution in [1.82, 2.24) is 0 Å². The quantitative estimate of drug-likeness (QED) is 0.646. The highest BCUT2D eigenvalue weighted by atomic mass is 79.9. The van der Waals surface area contributed by atoms with E-state index in [9.17, 15) is 8.42 Å². The van der Waals surface area contributed by atoms with Crippen molar-refractivity contribution in [3.63, 3.8) is 0 Å². The van der Waals surface area contributed by atoms with E-state index in [2.05, 4.69) is 21.2 Å². The standard InChI is InChI=1S/C18H23BrN2O4S/c1-4-24-17-10-13(9-16(19)18(17)25-12(2)3)11-21-14-5-7-15(8-6-14)26(20,22)23/h5-10,12,21H,4,11H2,1-3H3,(H2,20,22,23). The molecule has 0 amide bonds. The highest BCUT2D eigenvalue weighted by Crippen LogP contribution is 2.37. The molecule has 0 atom stereocenters. The highest BCUT2D eigenvalue weighted by molar-refractivity contribution is 9.10. The fraction of sp³-hybridized carbons (Fsp3) is 0.333. The van der Waals surface area contributed by atoms with Crippen molar-refractivity contribution in [2.75, 3.05) is 11.9 Å². The zero-order chi connectivity index (χ0) is 19.3. The molecule has 26 heavy (non-hydrogen) atoms. The molecule has 2 rings (SSSR count). The molecule has 0 radical (unpaired) electrons. The Hall–Kier alpha value is -1.77. The summed E-state index contributed by atoms with van der Waals surface area (Å²) in [5, 5.41) is 8.35. The molecule has 0 aliphatic heterocycles. The maximum atomic E-state index is 11.3. The van der Waals surface area contributed by atoms with E-state index >= 15 is 0 Å². The van der Waals surface area contributed by atoms with Gasteiger partial charge < -0.3 is 14.8 Å². The molecular weight excluding hydrogens is 420 g/mol. The summed E-state index contributed by atoms with van der Waals surface area (Å²) in [6.45, 7) is 6.92. The molecular formula is C18H23BrN2O4S. The number of nitrogens with two attached hydrogens (primary N) is 1. The molecule has 0 aliphatic rings. The van der Waals surface area contributed by atoms with E-state index in [1.807, 2.05) is 32.9 Å². The average molecular weight is 443 g/mol. The molecule has 2 aromatic rings. The van der Waals surface area contributed by atoms with Crippen LogP contribution in [0.25, 0.3) is 0 Å². The van der Waals surface area contributed by atoms with Crippen LogP contribution in [0.5, 0.6) is 11.5 Å². The Balaban J connectivity index is 2.16. The predicted octanol–water partition coefficient (Wildman–Crippen LogP) is 3.89. The Labute approximate surface area is 162 Å². The topological polar surface area (TPSA) is 90.6 Å². The van der Waals surface area contributed by atoms with Gasteiger partial charge in [-0.1, -0.05) is 0 Å². The fourth-order valence-electron chi connectivity index (χ4n) is 2.30. The van der Waals surface area contributed by atoms with Gasteiger partial charge in [0.2, 0.25) is 10.0 Å². The lowest BCUT2D eigenvalue weighted by molar-refractivity contribution is 0.222. The summed E-state index contributed by atoms with van der Waals surface area (Å²) in [7, 11) is -3.68. The normalized spacial score (nSPS) is 11.5. The molecule has 0 unspecified atom stereocenters. The van der Waals surface area contributed by atoms with Gasteiger partial charge in [-0.3, -0.25) is 0 Å². The van der Waals surface area contributed by atoms with Crippen LogP contribution in [-0.2, 0) is 16.6 Å². The van der Waals surface area contributed by atoms with Gasteiger partial charge in [0.15, 0.2) is 11.5 Å². The largest absolute Gasteiger partial charge is 0.490 e. The number of hydrogen-bond acceptors (Lipinski definition) is 5. The van der Waals surface area contributed by atoms with Crippen LogP contribution in [0.3, 0.4) is 0 Å². The van der Waals surface area contributed by atoms with Gasteiger partial charge in [-0.05, 0) is 78.7 Å². The fourth-order valence-corrected chi connectivity index (χ4v) is 3.40. The van der Waals surface area contributed by atoms with Gasteiger partial charge in [-0.25, -0.2) is 13.6 Å². The summed E-state index contributed by atoms with van der Waals surface area (Å²) >= 11 is 3.54. The monoisotopic (exact) mass is 442 g/mol. The van der Waals surface area contributed by atoms with E-state index in [1.165, 1.54) is 12.1 Å². The van der Waals surface area contributed by atoms with E-state index in [0.717, 1.165) is 15.7 Å². The average Bonchev–Trinajstić information content (AvgIpc) is 2.55. The van der Waals surface area contributed by atoms with Crippen LogP contribution in [0, 0.1) is 0 Å². The Morgan fingerprint density at radius 2 is 1.85 bits per heavy atom. The highest BCUT2D eigenvalue weighted by Gasteiger charge is 2.14. The third-order valence-corrected chi connectivity index (χ3v) is 4.92. The van der Waals surface area contributed by atoms with Crippen LogP contribution in [0.1, 0.15) is 26.3 Å². The first kappa shape index (κ1) is 20.5. The van der Waals surface area contributed by atoms with Crippen molar-refractivity contribution in [2.45, 2.75) is 38.3 Å². The van der Waals surface area contributed by atoms with Gasteiger partial charge >= 0.3 is 0 Å². The molecule has 0 aliphatic carbocycles. The second-order valence-electron chi connectivity index (χ2n) is 5.93. The van der Waals surface area contributed by atoms with Crippen molar-refractivity contribution in [1.29, 1.82) is 0 Å². The van der Waals surface area contributed by atoms with Gasteiger partial charge in [0.25, 0.3) is 0 Å². The number of primary sulfonamides is 1. The molecule has 0 saturated heterocycles. The first-order chi connectivity index (χ1) is 12.2. The Morgan fingerprint density at radius 3 is 2.38 bits per heavy atom. The molecule has 6 nitrogen and oxygen atoms in total. The molecule has 8 heteroatoms. The molecule has 0 spiro atoms. The minimum absolute atomic E-state index is 0.0341. The maximum absolute atomic E-state index is 11.3. The lowest BCUT2D eigenvalue weighted by Crippen LogP contribution is -2.12. The summed E-state index contributed by atoms with van der Waals surface area (Å²) in [6.07, 6.45) is 0.0341. The van der Waals surface area contributed by atoms with Crippen molar-refractivity contribution in [3.8, 4) is 11.5 Å². The number of nitrogens with one attached hydrogen (secondary N) is 1. The number of anilines is 1. The van der Waals surface area contributed by atoms with Gasteiger partial charge in [0, 0.05) is 12.2 Å². The molecule has 0 bridgehead atoms. The summed E-state index contributed by atoms with van der Waals surface area (Å²) in [6, 6.07) is 10.2. The third-order valence-electron chi connectivity index (χ3n) is 3.40. The Bertz CT molecular complexity index is 852. The third kappa shape index (κ3) is 5.62. The van der Waals surface area contributed by atoms with E-state index < -0.39 is 10.0 Å². The second-order valence-corrected chi connectivity index (χ2v) is 8.34. The first-order valence-electron chi connectivity index (χ1n) is 8.19. The van der Waals surface area contributed by atoms with Gasteiger partial charge in [-0.2, -0.15) is 0 Å². The van der Waals surface area contributed by atoms with Gasteiger partial charge in [0.1, 0.15) is 0 Å². The molecule has 142 valence electrons. The van der Waals surface area contributed by atoms with Crippen LogP contribution in [0.4, 0.5) is 5.69 Å². The van der Waals surface area contributed by atoms with E-state index in [4.69, 9.17) is 14.6 Å². The number of benzene rings is 2. The summed E-state index contributed by atoms with van der Waals surface area (Å²) in [4.78, 5) is 0.0830. The Kier molecular flexibility index (Phi) is 6.91. The molecule has 0 heterocycles. The zero-order valence-corrected chi connectivity index (χ0v) is 17.4. The maximum Gasteiger partial charge on any atom is 0.238 e. The van der Waals surface area contributed by atoms with Crippen molar-refractivity contribution in [3.05, 3.63) is 46.4 Å². The number of sulfonamides is 1. The number of hydrogen-bond donors (Lipinski definition) is 2. The minimum atomic E-state index is -3.68. The van der Waals surface area contributed by atoms with Gasteiger partial charge in [0.05, 0.1) is 22.1 Å².